The second-order valence-electron chi connectivity index (χ2n) is 8.59. The van der Waals surface area contributed by atoms with Crippen LogP contribution in [0.2, 0.25) is 0 Å². The molecule has 0 aliphatic heterocycles. The number of anilines is 1. The highest BCUT2D eigenvalue weighted by atomic mass is 16.5. The maximum Gasteiger partial charge on any atom is 0.308 e. The molecule has 0 spiro atoms. The molecule has 1 aromatic heterocycles. The van der Waals surface area contributed by atoms with Crippen molar-refractivity contribution in [3.8, 4) is 0 Å². The first-order valence-corrected chi connectivity index (χ1v) is 12.3. The zero-order valence-electron chi connectivity index (χ0n) is 20.7. The number of ketones is 1. The van der Waals surface area contributed by atoms with Gasteiger partial charge in [0, 0.05) is 59.0 Å². The van der Waals surface area contributed by atoms with Crippen LogP contribution in [-0.4, -0.2) is 41.3 Å². The third-order valence-corrected chi connectivity index (χ3v) is 6.06. The summed E-state index contributed by atoms with van der Waals surface area (Å²) in [6.07, 6.45) is 0.0474. The Kier molecular flexibility index (Phi) is 8.30. The number of amides is 2. The molecular formula is C29H29N3O5. The average molecular weight is 500 g/mol. The Morgan fingerprint density at radius 2 is 1.51 bits per heavy atom. The van der Waals surface area contributed by atoms with Crippen molar-refractivity contribution in [1.29, 1.82) is 0 Å². The van der Waals surface area contributed by atoms with Gasteiger partial charge in [-0.05, 0) is 31.2 Å². The number of ether oxygens (including phenoxy) is 1. The Morgan fingerprint density at radius 3 is 2.30 bits per heavy atom. The molecule has 8 heteroatoms. The molecular weight excluding hydrogens is 470 g/mol. The van der Waals surface area contributed by atoms with Gasteiger partial charge < -0.3 is 19.9 Å². The maximum atomic E-state index is 12.3. The first kappa shape index (κ1) is 25.6. The lowest BCUT2D eigenvalue weighted by Gasteiger charge is -2.08. The van der Waals surface area contributed by atoms with Crippen molar-refractivity contribution in [2.45, 2.75) is 32.7 Å². The molecule has 0 radical (unpaired) electrons. The van der Waals surface area contributed by atoms with Crippen LogP contribution in [0.25, 0.3) is 21.8 Å². The fourth-order valence-electron chi connectivity index (χ4n) is 4.28. The molecule has 0 saturated heterocycles. The van der Waals surface area contributed by atoms with E-state index in [1.807, 2.05) is 36.4 Å². The average Bonchev–Trinajstić information content (AvgIpc) is 3.24. The van der Waals surface area contributed by atoms with Gasteiger partial charge >= 0.3 is 5.97 Å². The molecule has 0 atom stereocenters. The minimum absolute atomic E-state index is 0.0342. The SMILES string of the molecule is CCn1c2ccccc2c2cc(NC(=O)COC(=O)CCNC(=O)CCC(=O)c3ccccc3)ccc21. The van der Waals surface area contributed by atoms with E-state index in [1.165, 1.54) is 0 Å². The molecule has 0 aliphatic rings. The van der Waals surface area contributed by atoms with E-state index in [-0.39, 0.29) is 37.5 Å². The summed E-state index contributed by atoms with van der Waals surface area (Å²) in [5, 5.41) is 7.50. The normalized spacial score (nSPS) is 10.8. The molecule has 1 heterocycles. The van der Waals surface area contributed by atoms with E-state index >= 15 is 0 Å². The van der Waals surface area contributed by atoms with Crippen LogP contribution in [0.15, 0.2) is 72.8 Å². The lowest BCUT2D eigenvalue weighted by molar-refractivity contribution is -0.147. The maximum absolute atomic E-state index is 12.3. The molecule has 8 nitrogen and oxygen atoms in total. The molecule has 0 fully saturated rings. The zero-order valence-corrected chi connectivity index (χ0v) is 20.7. The number of hydrogen-bond acceptors (Lipinski definition) is 5. The third kappa shape index (κ3) is 6.41. The fourth-order valence-corrected chi connectivity index (χ4v) is 4.28. The highest BCUT2D eigenvalue weighted by molar-refractivity contribution is 6.10. The number of esters is 1. The summed E-state index contributed by atoms with van der Waals surface area (Å²) < 4.78 is 7.25. The molecule has 4 rings (SSSR count). The number of nitrogens with one attached hydrogen (secondary N) is 2. The number of rotatable bonds is 11. The summed E-state index contributed by atoms with van der Waals surface area (Å²) >= 11 is 0. The molecule has 0 bridgehead atoms. The van der Waals surface area contributed by atoms with Crippen molar-refractivity contribution in [2.24, 2.45) is 0 Å². The summed E-state index contributed by atoms with van der Waals surface area (Å²) in [5.74, 6) is -1.49. The van der Waals surface area contributed by atoms with Crippen LogP contribution in [0.3, 0.4) is 0 Å². The lowest BCUT2D eigenvalue weighted by atomic mass is 10.1. The first-order chi connectivity index (χ1) is 18.0. The predicted octanol–water partition coefficient (Wildman–Crippen LogP) is 4.47. The number of nitrogens with zero attached hydrogens (tertiary/aromatic N) is 1. The van der Waals surface area contributed by atoms with Crippen LogP contribution in [0.5, 0.6) is 0 Å². The number of fused-ring (bicyclic) bond motifs is 3. The smallest absolute Gasteiger partial charge is 0.308 e. The molecule has 37 heavy (non-hydrogen) atoms. The van der Waals surface area contributed by atoms with E-state index in [2.05, 4.69) is 34.3 Å². The topological polar surface area (TPSA) is 106 Å². The Labute approximate surface area is 214 Å². The predicted molar refractivity (Wildman–Crippen MR) is 142 cm³/mol. The number of benzene rings is 3. The van der Waals surface area contributed by atoms with Crippen molar-refractivity contribution in [1.82, 2.24) is 9.88 Å². The van der Waals surface area contributed by atoms with Crippen LogP contribution in [0.4, 0.5) is 5.69 Å². The van der Waals surface area contributed by atoms with E-state index in [0.29, 0.717) is 11.3 Å². The molecule has 4 aromatic rings. The fraction of sp³-hybridized carbons (Fsp3) is 0.241. The van der Waals surface area contributed by atoms with Gasteiger partial charge in [0.05, 0.1) is 6.42 Å². The van der Waals surface area contributed by atoms with Crippen molar-refractivity contribution < 1.29 is 23.9 Å². The van der Waals surface area contributed by atoms with Crippen molar-refractivity contribution in [3.05, 3.63) is 78.4 Å². The highest BCUT2D eigenvalue weighted by Crippen LogP contribution is 2.30. The van der Waals surface area contributed by atoms with E-state index in [4.69, 9.17) is 4.74 Å². The summed E-state index contributed by atoms with van der Waals surface area (Å²) in [7, 11) is 0. The van der Waals surface area contributed by atoms with Gasteiger partial charge in [0.2, 0.25) is 5.91 Å². The molecule has 2 amide bonds. The summed E-state index contributed by atoms with van der Waals surface area (Å²) in [6.45, 7) is 2.57. The molecule has 0 unspecified atom stereocenters. The quantitative estimate of drug-likeness (QED) is 0.234. The number of aryl methyl sites for hydroxylation is 1. The standard InChI is InChI=1S/C29H29N3O5/c1-2-32-24-11-7-6-10-22(24)23-18-21(12-13-25(23)32)31-28(35)19-37-29(36)16-17-30-27(34)15-14-26(33)20-8-4-3-5-9-20/h3-13,18H,2,14-17,19H2,1H3,(H,30,34)(H,31,35). The zero-order chi connectivity index (χ0) is 26.2. The first-order valence-electron chi connectivity index (χ1n) is 12.3. The largest absolute Gasteiger partial charge is 0.456 e. The van der Waals surface area contributed by atoms with E-state index in [1.54, 1.807) is 24.3 Å². The van der Waals surface area contributed by atoms with E-state index in [0.717, 1.165) is 28.4 Å². The second-order valence-corrected chi connectivity index (χ2v) is 8.59. The van der Waals surface area contributed by atoms with Crippen LogP contribution in [0, 0.1) is 0 Å². The lowest BCUT2D eigenvalue weighted by Crippen LogP contribution is -2.28. The second kappa shape index (κ2) is 12.0. The van der Waals surface area contributed by atoms with Gasteiger partial charge in [0.1, 0.15) is 0 Å². The molecule has 2 N–H and O–H groups in total. The van der Waals surface area contributed by atoms with Gasteiger partial charge in [-0.15, -0.1) is 0 Å². The molecule has 0 saturated carbocycles. The Hall–Kier alpha value is -4.46. The van der Waals surface area contributed by atoms with Crippen LogP contribution < -0.4 is 10.6 Å². The van der Waals surface area contributed by atoms with Crippen LogP contribution in [-0.2, 0) is 25.7 Å². The third-order valence-electron chi connectivity index (χ3n) is 6.06. The van der Waals surface area contributed by atoms with Crippen molar-refractivity contribution in [3.63, 3.8) is 0 Å². The number of hydrogen-bond donors (Lipinski definition) is 2. The monoisotopic (exact) mass is 499 g/mol. The Balaban J connectivity index is 1.19. The number of Topliss-reactive ketones (excluding diaryl/α,β-unsaturated/α-hetero) is 1. The molecule has 190 valence electrons. The van der Waals surface area contributed by atoms with Crippen molar-refractivity contribution >= 4 is 51.1 Å². The van der Waals surface area contributed by atoms with E-state index in [9.17, 15) is 19.2 Å². The number of para-hydroxylation sites is 1. The number of aromatic nitrogens is 1. The van der Waals surface area contributed by atoms with Gasteiger partial charge in [-0.3, -0.25) is 19.2 Å². The molecule has 3 aromatic carbocycles. The summed E-state index contributed by atoms with van der Waals surface area (Å²) in [4.78, 5) is 48.3. The Morgan fingerprint density at radius 1 is 0.784 bits per heavy atom. The van der Waals surface area contributed by atoms with Gasteiger partial charge in [-0.25, -0.2) is 0 Å². The minimum Gasteiger partial charge on any atom is -0.456 e. The number of carbonyl (C=O) groups excluding carboxylic acids is 4. The minimum atomic E-state index is -0.600. The summed E-state index contributed by atoms with van der Waals surface area (Å²) in [5.41, 5.74) is 3.39. The number of carbonyl (C=O) groups is 4. The molecule has 0 aliphatic carbocycles. The van der Waals surface area contributed by atoms with Gasteiger partial charge in [-0.1, -0.05) is 48.5 Å². The highest BCUT2D eigenvalue weighted by Gasteiger charge is 2.13. The summed E-state index contributed by atoms with van der Waals surface area (Å²) in [6, 6.07) is 22.6. The van der Waals surface area contributed by atoms with Crippen molar-refractivity contribution in [2.75, 3.05) is 18.5 Å². The van der Waals surface area contributed by atoms with Gasteiger partial charge in [-0.2, -0.15) is 0 Å². The van der Waals surface area contributed by atoms with Crippen LogP contribution >= 0.6 is 0 Å². The Bertz CT molecular complexity index is 1440. The van der Waals surface area contributed by atoms with Gasteiger partial charge in [0.15, 0.2) is 12.4 Å². The van der Waals surface area contributed by atoms with Crippen LogP contribution in [0.1, 0.15) is 36.5 Å². The van der Waals surface area contributed by atoms with Gasteiger partial charge in [0.25, 0.3) is 5.91 Å². The van der Waals surface area contributed by atoms with E-state index < -0.39 is 18.5 Å².